The molecule has 0 spiro atoms. The van der Waals surface area contributed by atoms with E-state index < -0.39 is 19.0 Å². The number of aromatic nitrogens is 1. The highest BCUT2D eigenvalue weighted by Gasteiger charge is 2.40. The van der Waals surface area contributed by atoms with E-state index in [-0.39, 0.29) is 13.2 Å². The van der Waals surface area contributed by atoms with E-state index in [1.165, 1.54) is 11.3 Å². The second kappa shape index (κ2) is 5.55. The predicted octanol–water partition coefficient (Wildman–Crippen LogP) is 2.02. The second-order valence-electron chi connectivity index (χ2n) is 2.99. The summed E-state index contributed by atoms with van der Waals surface area (Å²) in [6.07, 6.45) is -3.72. The summed E-state index contributed by atoms with van der Waals surface area (Å²) < 4.78 is 52.8. The summed E-state index contributed by atoms with van der Waals surface area (Å²) in [6.45, 7) is -1.29. The van der Waals surface area contributed by atoms with Crippen LogP contribution in [0.3, 0.4) is 0 Å². The van der Waals surface area contributed by atoms with E-state index in [0.717, 1.165) is 0 Å². The molecule has 0 saturated heterocycles. The van der Waals surface area contributed by atoms with Crippen molar-refractivity contribution in [3.8, 4) is 0 Å². The summed E-state index contributed by atoms with van der Waals surface area (Å²) in [6, 6.07) is 0. The summed E-state index contributed by atoms with van der Waals surface area (Å²) in [5.74, 6) is -4.12. The molecule has 1 aromatic heterocycles. The molecule has 0 aliphatic heterocycles. The van der Waals surface area contributed by atoms with E-state index >= 15 is 0 Å². The van der Waals surface area contributed by atoms with E-state index in [0.29, 0.717) is 10.7 Å². The zero-order valence-electron chi connectivity index (χ0n) is 8.13. The van der Waals surface area contributed by atoms with Gasteiger partial charge in [-0.2, -0.15) is 8.78 Å². The van der Waals surface area contributed by atoms with Crippen LogP contribution < -0.4 is 5.73 Å². The van der Waals surface area contributed by atoms with Crippen molar-refractivity contribution >= 4 is 11.3 Å². The fraction of sp³-hybridized carbons (Fsp3) is 0.625. The van der Waals surface area contributed by atoms with Crippen LogP contribution in [0.15, 0.2) is 5.38 Å². The lowest BCUT2D eigenvalue weighted by molar-refractivity contribution is -0.168. The maximum absolute atomic E-state index is 12.4. The number of hydrogen-bond acceptors (Lipinski definition) is 4. The zero-order chi connectivity index (χ0) is 12.2. The van der Waals surface area contributed by atoms with Crippen molar-refractivity contribution < 1.29 is 22.3 Å². The second-order valence-corrected chi connectivity index (χ2v) is 3.93. The SMILES string of the molecule is NCc1csc(COCC(F)(F)C(F)F)n1. The van der Waals surface area contributed by atoms with Gasteiger partial charge in [0, 0.05) is 11.9 Å². The third-order valence-corrected chi connectivity index (χ3v) is 2.52. The Bertz CT molecular complexity index is 332. The lowest BCUT2D eigenvalue weighted by atomic mass is 10.4. The van der Waals surface area contributed by atoms with Gasteiger partial charge in [-0.3, -0.25) is 0 Å². The third kappa shape index (κ3) is 3.69. The largest absolute Gasteiger partial charge is 0.368 e. The van der Waals surface area contributed by atoms with Gasteiger partial charge in [-0.15, -0.1) is 11.3 Å². The number of hydrogen-bond donors (Lipinski definition) is 1. The molecule has 1 heterocycles. The molecule has 16 heavy (non-hydrogen) atoms. The standard InChI is InChI=1S/C8H10F4N2OS/c9-7(10)8(11,12)4-15-2-6-14-5(1-13)3-16-6/h3,7H,1-2,4,13H2. The van der Waals surface area contributed by atoms with Gasteiger partial charge < -0.3 is 10.5 Å². The van der Waals surface area contributed by atoms with E-state index in [1.807, 2.05) is 0 Å². The minimum Gasteiger partial charge on any atom is -0.368 e. The average Bonchev–Trinajstić information content (AvgIpc) is 2.65. The quantitative estimate of drug-likeness (QED) is 0.794. The molecule has 0 aromatic carbocycles. The molecular formula is C8H10F4N2OS. The lowest BCUT2D eigenvalue weighted by Crippen LogP contribution is -2.32. The Morgan fingerprint density at radius 1 is 1.50 bits per heavy atom. The van der Waals surface area contributed by atoms with Crippen molar-refractivity contribution in [2.24, 2.45) is 5.73 Å². The molecule has 8 heteroatoms. The topological polar surface area (TPSA) is 48.1 Å². The maximum atomic E-state index is 12.4. The molecule has 0 atom stereocenters. The van der Waals surface area contributed by atoms with E-state index in [1.54, 1.807) is 5.38 Å². The van der Waals surface area contributed by atoms with Gasteiger partial charge in [-0.05, 0) is 0 Å². The fourth-order valence-electron chi connectivity index (χ4n) is 0.846. The monoisotopic (exact) mass is 258 g/mol. The Hall–Kier alpha value is -0.730. The molecule has 1 rings (SSSR count). The number of nitrogens with two attached hydrogens (primary N) is 1. The molecule has 2 N–H and O–H groups in total. The highest BCUT2D eigenvalue weighted by Crippen LogP contribution is 2.23. The number of rotatable bonds is 6. The molecule has 0 unspecified atom stereocenters. The Balaban J connectivity index is 2.35. The first kappa shape index (κ1) is 13.3. The van der Waals surface area contributed by atoms with Crippen LogP contribution in [0.5, 0.6) is 0 Å². The van der Waals surface area contributed by atoms with Crippen molar-refractivity contribution in [2.45, 2.75) is 25.5 Å². The number of alkyl halides is 4. The van der Waals surface area contributed by atoms with Gasteiger partial charge in [-0.25, -0.2) is 13.8 Å². The van der Waals surface area contributed by atoms with Crippen molar-refractivity contribution in [3.63, 3.8) is 0 Å². The van der Waals surface area contributed by atoms with Crippen molar-refractivity contribution in [3.05, 3.63) is 16.1 Å². The first-order valence-electron chi connectivity index (χ1n) is 4.33. The average molecular weight is 258 g/mol. The Labute approximate surface area is 93.2 Å². The molecular weight excluding hydrogens is 248 g/mol. The summed E-state index contributed by atoms with van der Waals surface area (Å²) in [5, 5.41) is 2.09. The smallest absolute Gasteiger partial charge is 0.330 e. The first-order chi connectivity index (χ1) is 7.45. The van der Waals surface area contributed by atoms with Crippen LogP contribution in [0.1, 0.15) is 10.7 Å². The molecule has 1 aromatic rings. The van der Waals surface area contributed by atoms with Crippen molar-refractivity contribution in [2.75, 3.05) is 6.61 Å². The van der Waals surface area contributed by atoms with Crippen LogP contribution >= 0.6 is 11.3 Å². The van der Waals surface area contributed by atoms with Gasteiger partial charge in [-0.1, -0.05) is 0 Å². The third-order valence-electron chi connectivity index (χ3n) is 1.65. The van der Waals surface area contributed by atoms with Crippen LogP contribution in [0.4, 0.5) is 17.6 Å². The normalized spacial score (nSPS) is 12.4. The van der Waals surface area contributed by atoms with Crippen LogP contribution in [-0.2, 0) is 17.9 Å². The molecule has 0 radical (unpaired) electrons. The molecule has 0 amide bonds. The van der Waals surface area contributed by atoms with Gasteiger partial charge >= 0.3 is 12.3 Å². The van der Waals surface area contributed by atoms with Crippen LogP contribution in [0.2, 0.25) is 0 Å². The van der Waals surface area contributed by atoms with Crippen LogP contribution in [0.25, 0.3) is 0 Å². The first-order valence-corrected chi connectivity index (χ1v) is 5.20. The Morgan fingerprint density at radius 3 is 2.69 bits per heavy atom. The minimum absolute atomic E-state index is 0.215. The number of halogens is 4. The highest BCUT2D eigenvalue weighted by molar-refractivity contribution is 7.09. The van der Waals surface area contributed by atoms with Crippen molar-refractivity contribution in [1.29, 1.82) is 0 Å². The minimum atomic E-state index is -4.12. The van der Waals surface area contributed by atoms with Crippen LogP contribution in [0, 0.1) is 0 Å². The van der Waals surface area contributed by atoms with Crippen LogP contribution in [-0.4, -0.2) is 23.9 Å². The van der Waals surface area contributed by atoms with E-state index in [4.69, 9.17) is 5.73 Å². The van der Waals surface area contributed by atoms with Gasteiger partial charge in [0.1, 0.15) is 11.6 Å². The zero-order valence-corrected chi connectivity index (χ0v) is 8.95. The molecule has 0 bridgehead atoms. The Morgan fingerprint density at radius 2 is 2.19 bits per heavy atom. The highest BCUT2D eigenvalue weighted by atomic mass is 32.1. The molecule has 0 saturated carbocycles. The molecule has 3 nitrogen and oxygen atoms in total. The van der Waals surface area contributed by atoms with E-state index in [2.05, 4.69) is 9.72 Å². The van der Waals surface area contributed by atoms with Crippen molar-refractivity contribution in [1.82, 2.24) is 4.98 Å². The summed E-state index contributed by atoms with van der Waals surface area (Å²) in [7, 11) is 0. The number of ether oxygens (including phenoxy) is 1. The molecule has 0 fully saturated rings. The Kier molecular flexibility index (Phi) is 4.63. The molecule has 92 valence electrons. The summed E-state index contributed by atoms with van der Waals surface area (Å²) >= 11 is 1.18. The number of thiazole rings is 1. The van der Waals surface area contributed by atoms with Gasteiger partial charge in [0.05, 0.1) is 12.3 Å². The van der Waals surface area contributed by atoms with Gasteiger partial charge in [0.2, 0.25) is 0 Å². The molecule has 0 aliphatic carbocycles. The maximum Gasteiger partial charge on any atom is 0.330 e. The summed E-state index contributed by atoms with van der Waals surface area (Å²) in [4.78, 5) is 3.93. The lowest BCUT2D eigenvalue weighted by Gasteiger charge is -2.14. The molecule has 0 aliphatic rings. The number of nitrogens with zero attached hydrogens (tertiary/aromatic N) is 1. The van der Waals surface area contributed by atoms with Gasteiger partial charge in [0.25, 0.3) is 0 Å². The predicted molar refractivity (Wildman–Crippen MR) is 50.6 cm³/mol. The summed E-state index contributed by atoms with van der Waals surface area (Å²) in [5.41, 5.74) is 5.90. The fourth-order valence-corrected chi connectivity index (χ4v) is 1.59. The van der Waals surface area contributed by atoms with E-state index in [9.17, 15) is 17.6 Å². The van der Waals surface area contributed by atoms with Gasteiger partial charge in [0.15, 0.2) is 0 Å².